The summed E-state index contributed by atoms with van der Waals surface area (Å²) in [6.45, 7) is 2.11. The quantitative estimate of drug-likeness (QED) is 0.794. The van der Waals surface area contributed by atoms with Gasteiger partial charge in [-0.2, -0.15) is 11.8 Å². The maximum atomic E-state index is 10.8. The van der Waals surface area contributed by atoms with Crippen molar-refractivity contribution < 1.29 is 5.11 Å². The van der Waals surface area contributed by atoms with E-state index in [0.717, 1.165) is 28.6 Å². The van der Waals surface area contributed by atoms with Crippen molar-refractivity contribution in [1.82, 2.24) is 4.98 Å². The van der Waals surface area contributed by atoms with Crippen LogP contribution in [0.5, 0.6) is 0 Å². The van der Waals surface area contributed by atoms with E-state index < -0.39 is 5.60 Å². The first-order valence-electron chi connectivity index (χ1n) is 5.62. The topological polar surface area (TPSA) is 36.0 Å². The Morgan fingerprint density at radius 3 is 3.06 bits per heavy atom. The molecule has 2 N–H and O–H groups in total. The van der Waals surface area contributed by atoms with Crippen LogP contribution in [0, 0.1) is 0 Å². The summed E-state index contributed by atoms with van der Waals surface area (Å²) in [5.74, 6) is 1.04. The van der Waals surface area contributed by atoms with E-state index in [1.165, 1.54) is 0 Å². The Morgan fingerprint density at radius 1 is 1.44 bits per heavy atom. The molecule has 16 heavy (non-hydrogen) atoms. The average Bonchev–Trinajstić information content (AvgIpc) is 2.86. The zero-order valence-corrected chi connectivity index (χ0v) is 10.1. The molecule has 1 aromatic heterocycles. The second-order valence-electron chi connectivity index (χ2n) is 4.43. The first kappa shape index (κ1) is 10.2. The predicted molar refractivity (Wildman–Crippen MR) is 68.7 cm³/mol. The number of aromatic nitrogens is 1. The second-order valence-corrected chi connectivity index (χ2v) is 5.88. The van der Waals surface area contributed by atoms with E-state index in [2.05, 4.69) is 30.1 Å². The fourth-order valence-electron chi connectivity index (χ4n) is 2.55. The SMILES string of the molecule is CC1SCCC1(O)c1cccc2[nH]ccc12. The molecule has 0 saturated carbocycles. The zero-order chi connectivity index (χ0) is 11.2. The first-order chi connectivity index (χ1) is 7.72. The van der Waals surface area contributed by atoms with Crippen molar-refractivity contribution in [2.45, 2.75) is 24.2 Å². The summed E-state index contributed by atoms with van der Waals surface area (Å²) in [7, 11) is 0. The Hall–Kier alpha value is -0.930. The van der Waals surface area contributed by atoms with Crippen LogP contribution in [-0.4, -0.2) is 21.1 Å². The van der Waals surface area contributed by atoms with Gasteiger partial charge in [-0.05, 0) is 29.9 Å². The van der Waals surface area contributed by atoms with E-state index in [0.29, 0.717) is 0 Å². The maximum Gasteiger partial charge on any atom is 0.103 e. The Bertz CT molecular complexity index is 521. The lowest BCUT2D eigenvalue weighted by atomic mass is 9.86. The lowest BCUT2D eigenvalue weighted by molar-refractivity contribution is 0.0442. The van der Waals surface area contributed by atoms with Gasteiger partial charge >= 0.3 is 0 Å². The van der Waals surface area contributed by atoms with Gasteiger partial charge in [-0.1, -0.05) is 19.1 Å². The van der Waals surface area contributed by atoms with Gasteiger partial charge in [-0.15, -0.1) is 0 Å². The number of hydrogen-bond acceptors (Lipinski definition) is 2. The highest BCUT2D eigenvalue weighted by Gasteiger charge is 2.41. The normalized spacial score (nSPS) is 30.0. The third kappa shape index (κ3) is 1.31. The minimum atomic E-state index is -0.660. The molecule has 0 bridgehead atoms. The lowest BCUT2D eigenvalue weighted by Crippen LogP contribution is -2.31. The van der Waals surface area contributed by atoms with Crippen LogP contribution < -0.4 is 0 Å². The number of nitrogens with one attached hydrogen (secondary N) is 1. The molecule has 3 heteroatoms. The number of fused-ring (bicyclic) bond motifs is 1. The summed E-state index contributed by atoms with van der Waals surface area (Å²) in [4.78, 5) is 3.20. The lowest BCUT2D eigenvalue weighted by Gasteiger charge is -2.28. The Morgan fingerprint density at radius 2 is 2.31 bits per heavy atom. The predicted octanol–water partition coefficient (Wildman–Crippen LogP) is 2.88. The van der Waals surface area contributed by atoms with Crippen LogP contribution in [0.25, 0.3) is 10.9 Å². The molecule has 2 unspecified atom stereocenters. The molecule has 1 aromatic carbocycles. The highest BCUT2D eigenvalue weighted by Crippen LogP contribution is 2.44. The molecule has 0 radical (unpaired) electrons. The number of H-pyrrole nitrogens is 1. The van der Waals surface area contributed by atoms with Crippen molar-refractivity contribution in [2.24, 2.45) is 0 Å². The number of thioether (sulfide) groups is 1. The fourth-order valence-corrected chi connectivity index (χ4v) is 3.85. The van der Waals surface area contributed by atoms with Crippen molar-refractivity contribution in [3.05, 3.63) is 36.0 Å². The average molecular weight is 233 g/mol. The van der Waals surface area contributed by atoms with Gasteiger partial charge in [-0.25, -0.2) is 0 Å². The molecule has 1 aliphatic heterocycles. The molecule has 0 amide bonds. The van der Waals surface area contributed by atoms with Crippen LogP contribution in [0.4, 0.5) is 0 Å². The molecule has 1 saturated heterocycles. The van der Waals surface area contributed by atoms with Gasteiger partial charge in [0.25, 0.3) is 0 Å². The van der Waals surface area contributed by atoms with Crippen LogP contribution in [0.3, 0.4) is 0 Å². The van der Waals surface area contributed by atoms with Crippen LogP contribution in [0.2, 0.25) is 0 Å². The first-order valence-corrected chi connectivity index (χ1v) is 6.67. The Kier molecular flexibility index (Phi) is 2.26. The van der Waals surface area contributed by atoms with Gasteiger partial charge in [0, 0.05) is 22.3 Å². The van der Waals surface area contributed by atoms with Gasteiger partial charge in [0.1, 0.15) is 5.60 Å². The largest absolute Gasteiger partial charge is 0.384 e. The third-order valence-electron chi connectivity index (χ3n) is 3.58. The molecule has 0 spiro atoms. The van der Waals surface area contributed by atoms with Gasteiger partial charge in [-0.3, -0.25) is 0 Å². The summed E-state index contributed by atoms with van der Waals surface area (Å²) in [6, 6.07) is 8.17. The molecule has 1 fully saturated rings. The van der Waals surface area contributed by atoms with Crippen molar-refractivity contribution in [2.75, 3.05) is 5.75 Å². The number of aromatic amines is 1. The minimum absolute atomic E-state index is 0.271. The summed E-state index contributed by atoms with van der Waals surface area (Å²) >= 11 is 1.85. The highest BCUT2D eigenvalue weighted by molar-refractivity contribution is 8.00. The van der Waals surface area contributed by atoms with E-state index in [9.17, 15) is 5.11 Å². The number of benzene rings is 1. The fraction of sp³-hybridized carbons (Fsp3) is 0.385. The summed E-state index contributed by atoms with van der Waals surface area (Å²) in [6.07, 6.45) is 2.79. The standard InChI is InChI=1S/C13H15NOS/c1-9-13(15,6-8-16-9)11-3-2-4-12-10(11)5-7-14-12/h2-5,7,9,14-15H,6,8H2,1H3. The molecule has 0 aliphatic carbocycles. The number of rotatable bonds is 1. The molecule has 2 heterocycles. The van der Waals surface area contributed by atoms with Crippen molar-refractivity contribution >= 4 is 22.7 Å². The highest BCUT2D eigenvalue weighted by atomic mass is 32.2. The third-order valence-corrected chi connectivity index (χ3v) is 4.91. The summed E-state index contributed by atoms with van der Waals surface area (Å²) in [5, 5.41) is 12.2. The van der Waals surface area contributed by atoms with E-state index in [1.54, 1.807) is 0 Å². The van der Waals surface area contributed by atoms with Crippen molar-refractivity contribution in [1.29, 1.82) is 0 Å². The molecule has 2 nitrogen and oxygen atoms in total. The van der Waals surface area contributed by atoms with E-state index >= 15 is 0 Å². The van der Waals surface area contributed by atoms with Gasteiger partial charge in [0.15, 0.2) is 0 Å². The molecule has 2 atom stereocenters. The molecule has 2 aromatic rings. The Labute approximate surface area is 99.1 Å². The molecular formula is C13H15NOS. The number of aliphatic hydroxyl groups is 1. The van der Waals surface area contributed by atoms with Crippen LogP contribution >= 0.6 is 11.8 Å². The maximum absolute atomic E-state index is 10.8. The van der Waals surface area contributed by atoms with Crippen molar-refractivity contribution in [3.63, 3.8) is 0 Å². The monoisotopic (exact) mass is 233 g/mol. The molecule has 84 valence electrons. The van der Waals surface area contributed by atoms with E-state index in [4.69, 9.17) is 0 Å². The molecular weight excluding hydrogens is 218 g/mol. The van der Waals surface area contributed by atoms with Crippen LogP contribution in [0.1, 0.15) is 18.9 Å². The van der Waals surface area contributed by atoms with Crippen molar-refractivity contribution in [3.8, 4) is 0 Å². The summed E-state index contributed by atoms with van der Waals surface area (Å²) < 4.78 is 0. The zero-order valence-electron chi connectivity index (χ0n) is 9.23. The van der Waals surface area contributed by atoms with Gasteiger partial charge < -0.3 is 10.1 Å². The van der Waals surface area contributed by atoms with Gasteiger partial charge in [0.2, 0.25) is 0 Å². The Balaban J connectivity index is 2.21. The molecule has 1 aliphatic rings. The summed E-state index contributed by atoms with van der Waals surface area (Å²) in [5.41, 5.74) is 1.52. The smallest absolute Gasteiger partial charge is 0.103 e. The van der Waals surface area contributed by atoms with Gasteiger partial charge in [0.05, 0.1) is 0 Å². The van der Waals surface area contributed by atoms with E-state index in [-0.39, 0.29) is 5.25 Å². The van der Waals surface area contributed by atoms with Crippen LogP contribution in [0.15, 0.2) is 30.5 Å². The second kappa shape index (κ2) is 3.54. The minimum Gasteiger partial charge on any atom is -0.384 e. The van der Waals surface area contributed by atoms with Crippen LogP contribution in [-0.2, 0) is 5.60 Å². The van der Waals surface area contributed by atoms with E-state index in [1.807, 2.05) is 24.0 Å². The molecule has 3 rings (SSSR count). The number of hydrogen-bond donors (Lipinski definition) is 2.